The fraction of sp³-hybridized carbons (Fsp3) is 0.459. The molecule has 3 aromatic rings. The number of aliphatic hydroxyl groups excluding tert-OH is 1. The molecule has 2 saturated heterocycles. The Kier molecular flexibility index (Phi) is 9.27. The van der Waals surface area contributed by atoms with E-state index in [0.29, 0.717) is 18.4 Å². The van der Waals surface area contributed by atoms with Crippen molar-refractivity contribution >= 4 is 34.7 Å². The summed E-state index contributed by atoms with van der Waals surface area (Å²) in [6, 6.07) is 14.1. The number of nitrogens with zero attached hydrogens (tertiary/aromatic N) is 5. The normalized spacial score (nSPS) is 30.3. The van der Waals surface area contributed by atoms with Crippen LogP contribution in [0.3, 0.4) is 0 Å². The van der Waals surface area contributed by atoms with Crippen LogP contribution in [0.2, 0.25) is 0 Å². The number of ether oxygens (including phenoxy) is 2. The van der Waals surface area contributed by atoms with Gasteiger partial charge in [0.2, 0.25) is 11.8 Å². The Morgan fingerprint density at radius 2 is 1.82 bits per heavy atom. The van der Waals surface area contributed by atoms with E-state index in [9.17, 15) is 24.3 Å². The summed E-state index contributed by atoms with van der Waals surface area (Å²) >= 11 is 0. The molecule has 8 atom stereocenters. The van der Waals surface area contributed by atoms with Crippen LogP contribution in [0.4, 0.5) is 0 Å². The fourth-order valence-electron chi connectivity index (χ4n) is 7.91. The Hall–Kier alpha value is -4.88. The Labute approximate surface area is 289 Å². The highest BCUT2D eigenvalue weighted by Gasteiger charge is 2.72. The van der Waals surface area contributed by atoms with Gasteiger partial charge in [-0.2, -0.15) is 0 Å². The molecule has 7 rings (SSSR count). The van der Waals surface area contributed by atoms with E-state index in [2.05, 4.69) is 15.6 Å². The summed E-state index contributed by atoms with van der Waals surface area (Å²) in [6.07, 6.45) is 7.31. The quantitative estimate of drug-likeness (QED) is 0.283. The van der Waals surface area contributed by atoms with Gasteiger partial charge in [0, 0.05) is 13.0 Å². The van der Waals surface area contributed by atoms with Crippen molar-refractivity contribution in [1.29, 1.82) is 0 Å². The SMILES string of the molecule is CC[C@H](C)[C@H](CO)N1C(=O)[C@H]2[C@@H]3C(=O)N[C@@H](c4ccccc4)COC(=O)CC/C=C\[C@@H]3O[C@]23C=CCN(Cn2nnc4ccccc42)C(=O)[C@H]13. The number of hydrogen-bond acceptors (Lipinski definition) is 9. The van der Waals surface area contributed by atoms with Gasteiger partial charge in [-0.3, -0.25) is 19.2 Å². The monoisotopic (exact) mass is 682 g/mol. The molecule has 0 unspecified atom stereocenters. The van der Waals surface area contributed by atoms with Crippen LogP contribution in [0.1, 0.15) is 44.7 Å². The van der Waals surface area contributed by atoms with E-state index in [1.54, 1.807) is 27.8 Å². The molecule has 2 N–H and O–H groups in total. The van der Waals surface area contributed by atoms with Crippen LogP contribution in [0.15, 0.2) is 78.9 Å². The van der Waals surface area contributed by atoms with E-state index in [1.807, 2.05) is 74.5 Å². The molecule has 50 heavy (non-hydrogen) atoms. The topological polar surface area (TPSA) is 156 Å². The number of rotatable bonds is 7. The second-order valence-electron chi connectivity index (χ2n) is 13.5. The average molecular weight is 683 g/mol. The van der Waals surface area contributed by atoms with Gasteiger partial charge in [-0.05, 0) is 30.0 Å². The van der Waals surface area contributed by atoms with Gasteiger partial charge in [0.1, 0.15) is 30.4 Å². The molecule has 0 bridgehead atoms. The molecule has 13 heteroatoms. The Bertz CT molecular complexity index is 1830. The highest BCUT2D eigenvalue weighted by Crippen LogP contribution is 2.54. The number of para-hydroxylation sites is 1. The number of hydrogen-bond donors (Lipinski definition) is 2. The number of aliphatic hydroxyl groups is 1. The smallest absolute Gasteiger partial charge is 0.306 e. The Morgan fingerprint density at radius 3 is 2.60 bits per heavy atom. The molecule has 0 saturated carbocycles. The molecular formula is C37H42N6O7. The van der Waals surface area contributed by atoms with E-state index < -0.39 is 59.5 Å². The number of fused-ring (bicyclic) bond motifs is 3. The molecule has 262 valence electrons. The van der Waals surface area contributed by atoms with Gasteiger partial charge in [0.25, 0.3) is 5.91 Å². The zero-order chi connectivity index (χ0) is 35.0. The lowest BCUT2D eigenvalue weighted by molar-refractivity contribution is -0.153. The molecule has 2 aromatic carbocycles. The lowest BCUT2D eigenvalue weighted by Gasteiger charge is -2.40. The largest absolute Gasteiger partial charge is 0.463 e. The Balaban J connectivity index is 1.31. The Morgan fingerprint density at radius 1 is 1.04 bits per heavy atom. The summed E-state index contributed by atoms with van der Waals surface area (Å²) in [5, 5.41) is 22.3. The third kappa shape index (κ3) is 5.77. The van der Waals surface area contributed by atoms with Crippen LogP contribution in [0.25, 0.3) is 11.0 Å². The van der Waals surface area contributed by atoms with Crippen molar-refractivity contribution in [1.82, 2.24) is 30.1 Å². The minimum Gasteiger partial charge on any atom is -0.463 e. The second kappa shape index (κ2) is 13.8. The van der Waals surface area contributed by atoms with Gasteiger partial charge in [0.15, 0.2) is 0 Å². The van der Waals surface area contributed by atoms with Gasteiger partial charge in [0.05, 0.1) is 42.1 Å². The molecular weight excluding hydrogens is 640 g/mol. The molecule has 4 aliphatic rings. The molecule has 1 spiro atoms. The van der Waals surface area contributed by atoms with E-state index in [4.69, 9.17) is 9.47 Å². The number of esters is 1. The molecule has 5 heterocycles. The zero-order valence-corrected chi connectivity index (χ0v) is 28.1. The number of aromatic nitrogens is 3. The lowest BCUT2D eigenvalue weighted by Crippen LogP contribution is -2.59. The highest BCUT2D eigenvalue weighted by atomic mass is 16.5. The number of cyclic esters (lactones) is 1. The zero-order valence-electron chi connectivity index (χ0n) is 28.1. The van der Waals surface area contributed by atoms with Crippen molar-refractivity contribution in [3.8, 4) is 0 Å². The number of benzene rings is 2. The molecule has 2 fully saturated rings. The van der Waals surface area contributed by atoms with Gasteiger partial charge in [-0.25, -0.2) is 4.68 Å². The van der Waals surface area contributed by atoms with E-state index in [1.165, 1.54) is 4.90 Å². The number of nitrogens with one attached hydrogen (secondary N) is 1. The maximum Gasteiger partial charge on any atom is 0.306 e. The van der Waals surface area contributed by atoms with Gasteiger partial charge in [-0.15, -0.1) is 5.10 Å². The average Bonchev–Trinajstić information content (AvgIpc) is 3.72. The van der Waals surface area contributed by atoms with E-state index in [0.717, 1.165) is 11.1 Å². The van der Waals surface area contributed by atoms with Crippen LogP contribution < -0.4 is 5.32 Å². The van der Waals surface area contributed by atoms with Gasteiger partial charge in [-0.1, -0.05) is 92.3 Å². The van der Waals surface area contributed by atoms with Crippen LogP contribution in [-0.4, -0.2) is 97.1 Å². The van der Waals surface area contributed by atoms with Crippen molar-refractivity contribution in [2.24, 2.45) is 17.8 Å². The van der Waals surface area contributed by atoms with Gasteiger partial charge < -0.3 is 29.7 Å². The summed E-state index contributed by atoms with van der Waals surface area (Å²) < 4.78 is 14.1. The van der Waals surface area contributed by atoms with Crippen molar-refractivity contribution in [3.63, 3.8) is 0 Å². The molecule has 1 aromatic heterocycles. The van der Waals surface area contributed by atoms with E-state index in [-0.39, 0.29) is 44.7 Å². The van der Waals surface area contributed by atoms with Crippen LogP contribution in [0, 0.1) is 17.8 Å². The van der Waals surface area contributed by atoms with Crippen molar-refractivity contribution in [2.45, 2.75) is 69.6 Å². The first-order valence-electron chi connectivity index (χ1n) is 17.3. The maximum atomic E-state index is 14.9. The van der Waals surface area contributed by atoms with Crippen LogP contribution in [0.5, 0.6) is 0 Å². The molecule has 3 amide bonds. The summed E-state index contributed by atoms with van der Waals surface area (Å²) in [7, 11) is 0. The first-order valence-corrected chi connectivity index (χ1v) is 17.3. The highest BCUT2D eigenvalue weighted by molar-refractivity contribution is 6.00. The lowest BCUT2D eigenvalue weighted by atomic mass is 9.77. The minimum atomic E-state index is -1.51. The summed E-state index contributed by atoms with van der Waals surface area (Å²) in [4.78, 5) is 60.0. The number of likely N-dealkylation sites (tertiary alicyclic amines) is 1. The summed E-state index contributed by atoms with van der Waals surface area (Å²) in [6.45, 7) is 3.72. The third-order valence-corrected chi connectivity index (χ3v) is 10.7. The van der Waals surface area contributed by atoms with Gasteiger partial charge >= 0.3 is 5.97 Å². The molecule has 0 aliphatic carbocycles. The third-order valence-electron chi connectivity index (χ3n) is 10.7. The van der Waals surface area contributed by atoms with Crippen LogP contribution in [-0.2, 0) is 35.3 Å². The molecule has 4 aliphatic heterocycles. The number of carbonyl (C=O) groups is 4. The number of carbonyl (C=O) groups excluding carboxylic acids is 4. The maximum absolute atomic E-state index is 14.9. The second-order valence-corrected chi connectivity index (χ2v) is 13.5. The predicted octanol–water partition coefficient (Wildman–Crippen LogP) is 2.53. The molecule has 0 radical (unpaired) electrons. The first-order chi connectivity index (χ1) is 24.3. The standard InChI is InChI=1S/C37H42N6O7/c1-3-23(2)28(20-44)43-33-36(48)41(22-42-27-15-8-7-14-25(27)39-40-42)19-11-18-37(33)32(35(43)47)31-29(50-37)16-9-10-17-30(45)49-21-26(38-34(31)46)24-12-5-4-6-13-24/h4-9,11-16,18,23,26,28-29,31-33,44H,3,10,17,19-22H2,1-2H3,(H,38,46)/b16-9-/t23-,26+,28-,29-,31+,32+,33-,37+/m0/s1. The van der Waals surface area contributed by atoms with Crippen LogP contribution >= 0.6 is 0 Å². The molecule has 13 nitrogen and oxygen atoms in total. The number of allylic oxidation sites excluding steroid dienone is 1. The minimum absolute atomic E-state index is 0.0656. The number of amides is 3. The predicted molar refractivity (Wildman–Crippen MR) is 181 cm³/mol. The van der Waals surface area contributed by atoms with Crippen molar-refractivity contribution in [2.75, 3.05) is 19.8 Å². The first kappa shape index (κ1) is 33.6. The fourth-order valence-corrected chi connectivity index (χ4v) is 7.91. The summed E-state index contributed by atoms with van der Waals surface area (Å²) in [5.74, 6) is -3.91. The summed E-state index contributed by atoms with van der Waals surface area (Å²) in [5.41, 5.74) is 0.658. The van der Waals surface area contributed by atoms with Crippen molar-refractivity contribution < 1.29 is 33.8 Å². The van der Waals surface area contributed by atoms with E-state index >= 15 is 0 Å². The van der Waals surface area contributed by atoms with Crippen molar-refractivity contribution in [3.05, 3.63) is 84.5 Å².